The van der Waals surface area contributed by atoms with Crippen LogP contribution in [0.25, 0.3) is 0 Å². The van der Waals surface area contributed by atoms with Gasteiger partial charge in [0.1, 0.15) is 6.04 Å². The Kier molecular flexibility index (Phi) is 4.55. The van der Waals surface area contributed by atoms with Crippen molar-refractivity contribution in [2.45, 2.75) is 38.8 Å². The third-order valence-electron chi connectivity index (χ3n) is 3.49. The van der Waals surface area contributed by atoms with Gasteiger partial charge in [-0.2, -0.15) is 0 Å². The standard InChI is InChI=1S/C15H20N2O2/c1-2-14(18)17-10-6-9-13(17)15(19)16-11-12-7-4-3-5-8-12/h3-5,7-8,13H,2,6,9-11H2,1H3,(H,16,19)/t13-/m1/s1. The lowest BCUT2D eigenvalue weighted by Crippen LogP contribution is -2.45. The van der Waals surface area contributed by atoms with Gasteiger partial charge in [-0.15, -0.1) is 0 Å². The van der Waals surface area contributed by atoms with Gasteiger partial charge < -0.3 is 10.2 Å². The zero-order valence-electron chi connectivity index (χ0n) is 11.3. The number of rotatable bonds is 4. The molecule has 102 valence electrons. The number of carbonyl (C=O) groups is 2. The number of carbonyl (C=O) groups excluding carboxylic acids is 2. The molecule has 0 unspecified atom stereocenters. The van der Waals surface area contributed by atoms with E-state index in [1.54, 1.807) is 4.90 Å². The molecule has 4 nitrogen and oxygen atoms in total. The summed E-state index contributed by atoms with van der Waals surface area (Å²) < 4.78 is 0. The van der Waals surface area contributed by atoms with Gasteiger partial charge in [0.25, 0.3) is 0 Å². The van der Waals surface area contributed by atoms with E-state index in [4.69, 9.17) is 0 Å². The lowest BCUT2D eigenvalue weighted by atomic mass is 10.2. The van der Waals surface area contributed by atoms with Crippen LogP contribution in [0.15, 0.2) is 30.3 Å². The topological polar surface area (TPSA) is 49.4 Å². The van der Waals surface area contributed by atoms with Crippen molar-refractivity contribution in [3.05, 3.63) is 35.9 Å². The van der Waals surface area contributed by atoms with Gasteiger partial charge in [0, 0.05) is 19.5 Å². The van der Waals surface area contributed by atoms with Crippen LogP contribution in [-0.2, 0) is 16.1 Å². The highest BCUT2D eigenvalue weighted by Gasteiger charge is 2.32. The molecule has 0 saturated carbocycles. The smallest absolute Gasteiger partial charge is 0.243 e. The summed E-state index contributed by atoms with van der Waals surface area (Å²) in [5.41, 5.74) is 1.07. The SMILES string of the molecule is CCC(=O)N1CCC[C@@H]1C(=O)NCc1ccccc1. The van der Waals surface area contributed by atoms with Gasteiger partial charge in [-0.1, -0.05) is 37.3 Å². The Morgan fingerprint density at radius 3 is 2.74 bits per heavy atom. The number of nitrogens with one attached hydrogen (secondary N) is 1. The first-order valence-corrected chi connectivity index (χ1v) is 6.83. The van der Waals surface area contributed by atoms with Crippen LogP contribution in [0.2, 0.25) is 0 Å². The van der Waals surface area contributed by atoms with E-state index in [9.17, 15) is 9.59 Å². The number of amides is 2. The van der Waals surface area contributed by atoms with Gasteiger partial charge in [-0.25, -0.2) is 0 Å². The van der Waals surface area contributed by atoms with Crippen LogP contribution in [0.5, 0.6) is 0 Å². The molecule has 1 heterocycles. The summed E-state index contributed by atoms with van der Waals surface area (Å²) in [6, 6.07) is 9.52. The van der Waals surface area contributed by atoms with Crippen molar-refractivity contribution in [2.75, 3.05) is 6.54 Å². The third kappa shape index (κ3) is 3.34. The van der Waals surface area contributed by atoms with Crippen LogP contribution < -0.4 is 5.32 Å². The quantitative estimate of drug-likeness (QED) is 0.896. The second-order valence-corrected chi connectivity index (χ2v) is 4.80. The lowest BCUT2D eigenvalue weighted by Gasteiger charge is -2.23. The highest BCUT2D eigenvalue weighted by atomic mass is 16.2. The number of benzene rings is 1. The zero-order chi connectivity index (χ0) is 13.7. The Hall–Kier alpha value is -1.84. The fourth-order valence-corrected chi connectivity index (χ4v) is 2.44. The second-order valence-electron chi connectivity index (χ2n) is 4.80. The molecule has 1 aliphatic heterocycles. The highest BCUT2D eigenvalue weighted by Crippen LogP contribution is 2.18. The van der Waals surface area contributed by atoms with E-state index in [-0.39, 0.29) is 17.9 Å². The largest absolute Gasteiger partial charge is 0.350 e. The van der Waals surface area contributed by atoms with Crippen molar-refractivity contribution in [1.82, 2.24) is 10.2 Å². The molecule has 1 saturated heterocycles. The van der Waals surface area contributed by atoms with Crippen molar-refractivity contribution >= 4 is 11.8 Å². The normalized spacial score (nSPS) is 18.4. The molecule has 19 heavy (non-hydrogen) atoms. The predicted molar refractivity (Wildman–Crippen MR) is 73.3 cm³/mol. The maximum absolute atomic E-state index is 12.1. The Balaban J connectivity index is 1.90. The van der Waals surface area contributed by atoms with Gasteiger partial charge in [-0.3, -0.25) is 9.59 Å². The van der Waals surface area contributed by atoms with Crippen molar-refractivity contribution in [3.63, 3.8) is 0 Å². The van der Waals surface area contributed by atoms with Crippen LogP contribution in [0.1, 0.15) is 31.7 Å². The molecule has 0 spiro atoms. The van der Waals surface area contributed by atoms with E-state index in [2.05, 4.69) is 5.32 Å². The molecule has 2 amide bonds. The predicted octanol–water partition coefficient (Wildman–Crippen LogP) is 1.70. The lowest BCUT2D eigenvalue weighted by molar-refractivity contribution is -0.138. The molecular formula is C15H20N2O2. The first kappa shape index (κ1) is 13.6. The molecule has 1 aliphatic rings. The molecule has 1 aromatic rings. The molecule has 0 radical (unpaired) electrons. The van der Waals surface area contributed by atoms with Crippen LogP contribution in [0, 0.1) is 0 Å². The average molecular weight is 260 g/mol. The van der Waals surface area contributed by atoms with E-state index >= 15 is 0 Å². The van der Waals surface area contributed by atoms with E-state index in [0.717, 1.165) is 18.4 Å². The van der Waals surface area contributed by atoms with Crippen molar-refractivity contribution < 1.29 is 9.59 Å². The Morgan fingerprint density at radius 2 is 2.05 bits per heavy atom. The van der Waals surface area contributed by atoms with Gasteiger partial charge in [-0.05, 0) is 18.4 Å². The van der Waals surface area contributed by atoms with Crippen molar-refractivity contribution in [2.24, 2.45) is 0 Å². The van der Waals surface area contributed by atoms with Crippen molar-refractivity contribution in [1.29, 1.82) is 0 Å². The molecule has 1 N–H and O–H groups in total. The molecule has 1 atom stereocenters. The van der Waals surface area contributed by atoms with Gasteiger partial charge in [0.05, 0.1) is 0 Å². The van der Waals surface area contributed by atoms with Crippen LogP contribution in [0.3, 0.4) is 0 Å². The molecule has 4 heteroatoms. The molecular weight excluding hydrogens is 240 g/mol. The maximum atomic E-state index is 12.1. The zero-order valence-corrected chi connectivity index (χ0v) is 11.3. The minimum absolute atomic E-state index is 0.0387. The van der Waals surface area contributed by atoms with E-state index in [0.29, 0.717) is 19.5 Å². The summed E-state index contributed by atoms with van der Waals surface area (Å²) in [7, 11) is 0. The summed E-state index contributed by atoms with van der Waals surface area (Å²) >= 11 is 0. The first-order chi connectivity index (χ1) is 9.22. The Bertz CT molecular complexity index is 445. The fourth-order valence-electron chi connectivity index (χ4n) is 2.44. The fraction of sp³-hybridized carbons (Fsp3) is 0.467. The van der Waals surface area contributed by atoms with E-state index in [1.807, 2.05) is 37.3 Å². The summed E-state index contributed by atoms with van der Waals surface area (Å²) in [6.07, 6.45) is 2.14. The van der Waals surface area contributed by atoms with Crippen molar-refractivity contribution in [3.8, 4) is 0 Å². The monoisotopic (exact) mass is 260 g/mol. The van der Waals surface area contributed by atoms with Gasteiger partial charge in [0.15, 0.2) is 0 Å². The first-order valence-electron chi connectivity index (χ1n) is 6.83. The average Bonchev–Trinajstić information content (AvgIpc) is 2.94. The summed E-state index contributed by atoms with van der Waals surface area (Å²) in [5.74, 6) is 0.0283. The summed E-state index contributed by atoms with van der Waals surface area (Å²) in [6.45, 7) is 3.06. The molecule has 0 aliphatic carbocycles. The van der Waals surface area contributed by atoms with Crippen LogP contribution in [-0.4, -0.2) is 29.3 Å². The summed E-state index contributed by atoms with van der Waals surface area (Å²) in [5, 5.41) is 2.92. The van der Waals surface area contributed by atoms with E-state index < -0.39 is 0 Å². The second kappa shape index (κ2) is 6.36. The summed E-state index contributed by atoms with van der Waals surface area (Å²) in [4.78, 5) is 25.6. The minimum Gasteiger partial charge on any atom is -0.350 e. The molecule has 1 aromatic carbocycles. The number of hydrogen-bond acceptors (Lipinski definition) is 2. The number of hydrogen-bond donors (Lipinski definition) is 1. The highest BCUT2D eigenvalue weighted by molar-refractivity contribution is 5.88. The van der Waals surface area contributed by atoms with Gasteiger partial charge in [0.2, 0.25) is 11.8 Å². The Morgan fingerprint density at radius 1 is 1.32 bits per heavy atom. The third-order valence-corrected chi connectivity index (χ3v) is 3.49. The Labute approximate surface area is 113 Å². The maximum Gasteiger partial charge on any atom is 0.243 e. The molecule has 1 fully saturated rings. The molecule has 2 rings (SSSR count). The van der Waals surface area contributed by atoms with E-state index in [1.165, 1.54) is 0 Å². The molecule has 0 bridgehead atoms. The minimum atomic E-state index is -0.281. The number of nitrogens with zero attached hydrogens (tertiary/aromatic N) is 1. The van der Waals surface area contributed by atoms with Gasteiger partial charge >= 0.3 is 0 Å². The van der Waals surface area contributed by atoms with Crippen LogP contribution >= 0.6 is 0 Å². The van der Waals surface area contributed by atoms with Crippen LogP contribution in [0.4, 0.5) is 0 Å². The molecule has 0 aromatic heterocycles. The number of likely N-dealkylation sites (tertiary alicyclic amines) is 1.